The van der Waals surface area contributed by atoms with Gasteiger partial charge in [0.1, 0.15) is 5.82 Å². The summed E-state index contributed by atoms with van der Waals surface area (Å²) in [5, 5.41) is 7.73. The molecule has 0 saturated heterocycles. The van der Waals surface area contributed by atoms with Gasteiger partial charge in [-0.3, -0.25) is 0 Å². The van der Waals surface area contributed by atoms with E-state index in [4.69, 9.17) is 0 Å². The van der Waals surface area contributed by atoms with Crippen LogP contribution in [0.25, 0.3) is 10.9 Å². The van der Waals surface area contributed by atoms with E-state index in [0.717, 1.165) is 29.3 Å². The Kier molecular flexibility index (Phi) is 7.24. The molecule has 0 aliphatic heterocycles. The Bertz CT molecular complexity index is 794. The molecule has 3 N–H and O–H groups in total. The topological polar surface area (TPSA) is 52.2 Å². The molecule has 0 radical (unpaired) electrons. The van der Waals surface area contributed by atoms with E-state index >= 15 is 0 Å². The van der Waals surface area contributed by atoms with E-state index in [9.17, 15) is 4.39 Å². The highest BCUT2D eigenvalue weighted by molar-refractivity contribution is 14.0. The molecule has 0 spiro atoms. The highest BCUT2D eigenvalue weighted by Gasteiger charge is 2.02. The van der Waals surface area contributed by atoms with Gasteiger partial charge in [-0.15, -0.1) is 24.0 Å². The molecule has 2 aromatic carbocycles. The average molecular weight is 452 g/mol. The number of fused-ring (bicyclic) bond motifs is 1. The highest BCUT2D eigenvalue weighted by atomic mass is 127. The quantitative estimate of drug-likeness (QED) is 0.309. The van der Waals surface area contributed by atoms with Gasteiger partial charge in [0.15, 0.2) is 5.96 Å². The molecule has 0 aliphatic rings. The van der Waals surface area contributed by atoms with Crippen LogP contribution in [-0.4, -0.2) is 17.5 Å². The molecule has 4 nitrogen and oxygen atoms in total. The Morgan fingerprint density at radius 1 is 1.08 bits per heavy atom. The summed E-state index contributed by atoms with van der Waals surface area (Å²) in [6, 6.07) is 16.7. The number of hydrogen-bond donors (Lipinski definition) is 3. The predicted octanol–water partition coefficient (Wildman–Crippen LogP) is 4.18. The number of guanidine groups is 1. The van der Waals surface area contributed by atoms with E-state index in [1.54, 1.807) is 12.1 Å². The molecule has 0 aliphatic carbocycles. The summed E-state index contributed by atoms with van der Waals surface area (Å²) < 4.78 is 12.9. The summed E-state index contributed by atoms with van der Waals surface area (Å²) >= 11 is 0. The first-order valence-corrected chi connectivity index (χ1v) is 8.08. The largest absolute Gasteiger partial charge is 0.357 e. The Labute approximate surface area is 164 Å². The maximum absolute atomic E-state index is 12.9. The van der Waals surface area contributed by atoms with Gasteiger partial charge in [0.2, 0.25) is 0 Å². The summed E-state index contributed by atoms with van der Waals surface area (Å²) in [4.78, 5) is 7.93. The number of aromatic nitrogens is 1. The number of H-pyrrole nitrogens is 1. The Morgan fingerprint density at radius 2 is 1.84 bits per heavy atom. The first-order valence-electron chi connectivity index (χ1n) is 8.08. The zero-order valence-corrected chi connectivity index (χ0v) is 16.4. The van der Waals surface area contributed by atoms with E-state index in [2.05, 4.69) is 38.8 Å². The van der Waals surface area contributed by atoms with Crippen LogP contribution in [0.2, 0.25) is 0 Å². The molecular formula is C19H22FIN4. The third kappa shape index (κ3) is 5.45. The van der Waals surface area contributed by atoms with Crippen LogP contribution in [0.4, 0.5) is 4.39 Å². The van der Waals surface area contributed by atoms with Crippen molar-refractivity contribution in [2.75, 3.05) is 6.54 Å². The summed E-state index contributed by atoms with van der Waals surface area (Å²) in [5.41, 5.74) is 3.20. The first-order chi connectivity index (χ1) is 11.7. The molecule has 0 atom stereocenters. The fraction of sp³-hybridized carbons (Fsp3) is 0.211. The van der Waals surface area contributed by atoms with Crippen LogP contribution < -0.4 is 10.6 Å². The van der Waals surface area contributed by atoms with Gasteiger partial charge in [-0.1, -0.05) is 30.3 Å². The van der Waals surface area contributed by atoms with Gasteiger partial charge in [0.05, 0.1) is 13.1 Å². The second-order valence-corrected chi connectivity index (χ2v) is 5.56. The third-order valence-corrected chi connectivity index (χ3v) is 3.71. The molecular weight excluding hydrogens is 430 g/mol. The van der Waals surface area contributed by atoms with Crippen LogP contribution >= 0.6 is 24.0 Å². The number of para-hydroxylation sites is 1. The van der Waals surface area contributed by atoms with Crippen molar-refractivity contribution < 1.29 is 4.39 Å². The van der Waals surface area contributed by atoms with Gasteiger partial charge in [0, 0.05) is 17.8 Å². The first kappa shape index (κ1) is 19.2. The van der Waals surface area contributed by atoms with E-state index < -0.39 is 0 Å². The minimum atomic E-state index is -0.230. The average Bonchev–Trinajstić information content (AvgIpc) is 3.02. The molecule has 0 fully saturated rings. The maximum atomic E-state index is 12.9. The van der Waals surface area contributed by atoms with Gasteiger partial charge in [-0.05, 0) is 42.1 Å². The van der Waals surface area contributed by atoms with Crippen molar-refractivity contribution in [3.05, 3.63) is 71.7 Å². The lowest BCUT2D eigenvalue weighted by Gasteiger charge is -2.10. The summed E-state index contributed by atoms with van der Waals surface area (Å²) in [6.07, 6.45) is 0. The van der Waals surface area contributed by atoms with Crippen LogP contribution in [-0.2, 0) is 13.1 Å². The fourth-order valence-electron chi connectivity index (χ4n) is 2.51. The summed E-state index contributed by atoms with van der Waals surface area (Å²) in [6.45, 7) is 3.96. The Morgan fingerprint density at radius 3 is 2.56 bits per heavy atom. The maximum Gasteiger partial charge on any atom is 0.191 e. The van der Waals surface area contributed by atoms with Crippen LogP contribution in [0.15, 0.2) is 59.6 Å². The van der Waals surface area contributed by atoms with Gasteiger partial charge in [-0.2, -0.15) is 0 Å². The summed E-state index contributed by atoms with van der Waals surface area (Å²) in [5.74, 6) is 0.507. The molecule has 0 unspecified atom stereocenters. The smallest absolute Gasteiger partial charge is 0.191 e. The lowest BCUT2D eigenvalue weighted by Crippen LogP contribution is -2.36. The molecule has 0 amide bonds. The monoisotopic (exact) mass is 452 g/mol. The van der Waals surface area contributed by atoms with E-state index in [-0.39, 0.29) is 29.8 Å². The number of aromatic amines is 1. The van der Waals surface area contributed by atoms with Gasteiger partial charge in [0.25, 0.3) is 0 Å². The normalized spacial score (nSPS) is 11.2. The summed E-state index contributed by atoms with van der Waals surface area (Å²) in [7, 11) is 0. The minimum Gasteiger partial charge on any atom is -0.357 e. The molecule has 0 bridgehead atoms. The van der Waals surface area contributed by atoms with E-state index in [1.165, 1.54) is 17.5 Å². The van der Waals surface area contributed by atoms with Crippen molar-refractivity contribution in [3.8, 4) is 0 Å². The molecule has 25 heavy (non-hydrogen) atoms. The van der Waals surface area contributed by atoms with Gasteiger partial charge < -0.3 is 15.6 Å². The standard InChI is InChI=1S/C19H21FN4.HI/c1-2-21-19(22-12-14-7-9-16(20)10-8-14)23-13-17-11-15-5-3-4-6-18(15)24-17;/h3-11,24H,2,12-13H2,1H3,(H2,21,22,23);1H. The van der Waals surface area contributed by atoms with Crippen molar-refractivity contribution in [2.24, 2.45) is 4.99 Å². The number of benzene rings is 2. The fourth-order valence-corrected chi connectivity index (χ4v) is 2.51. The minimum absolute atomic E-state index is 0. The zero-order chi connectivity index (χ0) is 16.8. The molecule has 0 saturated carbocycles. The second-order valence-electron chi connectivity index (χ2n) is 5.56. The van der Waals surface area contributed by atoms with Gasteiger partial charge in [-0.25, -0.2) is 9.38 Å². The Hall–Kier alpha value is -2.09. The van der Waals surface area contributed by atoms with Crippen molar-refractivity contribution >= 4 is 40.8 Å². The van der Waals surface area contributed by atoms with Crippen molar-refractivity contribution in [1.29, 1.82) is 0 Å². The third-order valence-electron chi connectivity index (χ3n) is 3.71. The number of nitrogens with zero attached hydrogens (tertiary/aromatic N) is 1. The zero-order valence-electron chi connectivity index (χ0n) is 14.1. The number of nitrogens with one attached hydrogen (secondary N) is 3. The SMILES string of the molecule is CCNC(=NCc1ccc(F)cc1)NCc1cc2ccccc2[nH]1.I. The van der Waals surface area contributed by atoms with Crippen molar-refractivity contribution in [1.82, 2.24) is 15.6 Å². The van der Waals surface area contributed by atoms with Crippen LogP contribution in [0, 0.1) is 5.82 Å². The Balaban J connectivity index is 0.00000225. The molecule has 3 rings (SSSR count). The molecule has 1 heterocycles. The van der Waals surface area contributed by atoms with E-state index in [1.807, 2.05) is 19.1 Å². The number of rotatable bonds is 5. The number of halogens is 2. The predicted molar refractivity (Wildman–Crippen MR) is 112 cm³/mol. The molecule has 3 aromatic rings. The van der Waals surface area contributed by atoms with Crippen molar-refractivity contribution in [3.63, 3.8) is 0 Å². The van der Waals surface area contributed by atoms with Crippen LogP contribution in [0.1, 0.15) is 18.2 Å². The number of hydrogen-bond acceptors (Lipinski definition) is 1. The second kappa shape index (κ2) is 9.41. The van der Waals surface area contributed by atoms with Crippen LogP contribution in [0.3, 0.4) is 0 Å². The van der Waals surface area contributed by atoms with Crippen LogP contribution in [0.5, 0.6) is 0 Å². The molecule has 132 valence electrons. The number of aliphatic imine (C=N–C) groups is 1. The molecule has 1 aromatic heterocycles. The van der Waals surface area contributed by atoms with Crippen molar-refractivity contribution in [2.45, 2.75) is 20.0 Å². The lowest BCUT2D eigenvalue weighted by molar-refractivity contribution is 0.627. The lowest BCUT2D eigenvalue weighted by atomic mass is 10.2. The van der Waals surface area contributed by atoms with Gasteiger partial charge >= 0.3 is 0 Å². The highest BCUT2D eigenvalue weighted by Crippen LogP contribution is 2.14. The van der Waals surface area contributed by atoms with E-state index in [0.29, 0.717) is 13.1 Å². The molecule has 6 heteroatoms.